The Balaban J connectivity index is 0.000000531. The molecule has 0 amide bonds. The fourth-order valence-electron chi connectivity index (χ4n) is 2.12. The highest BCUT2D eigenvalue weighted by Crippen LogP contribution is 2.06. The van der Waals surface area contributed by atoms with Crippen LogP contribution in [-0.2, 0) is 28.5 Å². The number of likely N-dealkylation sites (N-methyl/N-ethyl adjacent to an activating group) is 1. The van der Waals surface area contributed by atoms with Crippen LogP contribution in [0.2, 0.25) is 0 Å². The van der Waals surface area contributed by atoms with Gasteiger partial charge in [0, 0.05) is 19.5 Å². The Morgan fingerprint density at radius 1 is 1.04 bits per heavy atom. The molecule has 1 aliphatic rings. The molecule has 0 unspecified atom stereocenters. The number of carbonyl (C=O) groups is 1. The van der Waals surface area contributed by atoms with E-state index < -0.39 is 5.97 Å². The maximum atomic E-state index is 10.0. The standard InChI is InChI=1S/C10H20O6.C8H16NO/c1-13-4-5-15-8-9-16-7-6-14-3-2-10(11)12;1-3-4-9(2)5-7-10-8-6-9/h2-9H2,1H3,(H,11,12);3H,1,4-8H2,2H3/q;+1/p-1. The molecule has 1 fully saturated rings. The van der Waals surface area contributed by atoms with Crippen molar-refractivity contribution in [3.05, 3.63) is 12.7 Å². The van der Waals surface area contributed by atoms with Crippen LogP contribution in [0.15, 0.2) is 12.7 Å². The molecule has 0 bridgehead atoms. The van der Waals surface area contributed by atoms with Gasteiger partial charge in [-0.3, -0.25) is 0 Å². The van der Waals surface area contributed by atoms with Crippen molar-refractivity contribution >= 4 is 5.97 Å². The maximum Gasteiger partial charge on any atom is 0.102 e. The Labute approximate surface area is 157 Å². The molecule has 1 heterocycles. The molecule has 1 aliphatic heterocycles. The van der Waals surface area contributed by atoms with Crippen molar-refractivity contribution < 1.29 is 38.1 Å². The quantitative estimate of drug-likeness (QED) is 0.229. The van der Waals surface area contributed by atoms with Gasteiger partial charge in [0.15, 0.2) is 0 Å². The van der Waals surface area contributed by atoms with Crippen LogP contribution >= 0.6 is 0 Å². The van der Waals surface area contributed by atoms with Crippen LogP contribution in [0.4, 0.5) is 0 Å². The molecule has 8 nitrogen and oxygen atoms in total. The summed E-state index contributed by atoms with van der Waals surface area (Å²) in [6.07, 6.45) is 1.91. The molecule has 8 heteroatoms. The molecule has 154 valence electrons. The Morgan fingerprint density at radius 2 is 1.54 bits per heavy atom. The third kappa shape index (κ3) is 16.4. The Hall–Kier alpha value is -1.03. The van der Waals surface area contributed by atoms with E-state index in [2.05, 4.69) is 13.6 Å². The van der Waals surface area contributed by atoms with Gasteiger partial charge in [0.25, 0.3) is 0 Å². The van der Waals surface area contributed by atoms with Crippen molar-refractivity contribution in [1.82, 2.24) is 0 Å². The molecule has 1 saturated heterocycles. The number of hydrogen-bond acceptors (Lipinski definition) is 7. The average molecular weight is 377 g/mol. The van der Waals surface area contributed by atoms with Crippen molar-refractivity contribution in [1.29, 1.82) is 0 Å². The number of carbonyl (C=O) groups excluding carboxylic acids is 1. The third-order valence-electron chi connectivity index (χ3n) is 3.75. The summed E-state index contributed by atoms with van der Waals surface area (Å²) in [7, 11) is 3.87. The van der Waals surface area contributed by atoms with Crippen LogP contribution in [0.3, 0.4) is 0 Å². The summed E-state index contributed by atoms with van der Waals surface area (Å²) in [5, 5.41) is 10.0. The van der Waals surface area contributed by atoms with E-state index in [-0.39, 0.29) is 13.0 Å². The zero-order valence-electron chi connectivity index (χ0n) is 16.3. The predicted molar refractivity (Wildman–Crippen MR) is 95.8 cm³/mol. The van der Waals surface area contributed by atoms with E-state index in [1.165, 1.54) is 0 Å². The third-order valence-corrected chi connectivity index (χ3v) is 3.75. The van der Waals surface area contributed by atoms with Gasteiger partial charge < -0.3 is 38.1 Å². The fourth-order valence-corrected chi connectivity index (χ4v) is 2.12. The monoisotopic (exact) mass is 377 g/mol. The van der Waals surface area contributed by atoms with Gasteiger partial charge in [0.1, 0.15) is 13.1 Å². The van der Waals surface area contributed by atoms with E-state index in [0.717, 1.165) is 37.3 Å². The Bertz CT molecular complexity index is 346. The van der Waals surface area contributed by atoms with Crippen molar-refractivity contribution in [3.8, 4) is 0 Å². The molecule has 0 saturated carbocycles. The minimum atomic E-state index is -1.10. The number of quaternary nitrogens is 1. The van der Waals surface area contributed by atoms with Gasteiger partial charge in [-0.05, 0) is 6.08 Å². The van der Waals surface area contributed by atoms with E-state index in [1.54, 1.807) is 7.11 Å². The summed E-state index contributed by atoms with van der Waals surface area (Å²) in [6.45, 7) is 12.0. The molecule has 0 aromatic rings. The van der Waals surface area contributed by atoms with Crippen molar-refractivity contribution in [3.63, 3.8) is 0 Å². The first-order chi connectivity index (χ1) is 12.5. The molecule has 1 rings (SSSR count). The summed E-state index contributed by atoms with van der Waals surface area (Å²) in [4.78, 5) is 10.0. The van der Waals surface area contributed by atoms with Crippen molar-refractivity contribution in [2.45, 2.75) is 6.42 Å². The largest absolute Gasteiger partial charge is 0.550 e. The van der Waals surface area contributed by atoms with Gasteiger partial charge in [0.05, 0.1) is 73.1 Å². The smallest absolute Gasteiger partial charge is 0.102 e. The number of carboxylic acids is 1. The normalized spacial score (nSPS) is 15.8. The lowest BCUT2D eigenvalue weighted by Crippen LogP contribution is -2.51. The second-order valence-electron chi connectivity index (χ2n) is 6.10. The van der Waals surface area contributed by atoms with Crippen LogP contribution in [0.5, 0.6) is 0 Å². The number of methoxy groups -OCH3 is 1. The molecular formula is C18H35NO7. The molecule has 0 atom stereocenters. The van der Waals surface area contributed by atoms with Gasteiger partial charge in [0.2, 0.25) is 0 Å². The Kier molecular flexibility index (Phi) is 16.7. The number of carboxylic acid groups (broad SMARTS) is 1. The van der Waals surface area contributed by atoms with E-state index >= 15 is 0 Å². The van der Waals surface area contributed by atoms with Gasteiger partial charge >= 0.3 is 0 Å². The molecule has 0 radical (unpaired) electrons. The van der Waals surface area contributed by atoms with Crippen molar-refractivity contribution in [2.24, 2.45) is 0 Å². The fraction of sp³-hybridized carbons (Fsp3) is 0.833. The molecular weight excluding hydrogens is 342 g/mol. The second kappa shape index (κ2) is 17.4. The number of morpholine rings is 1. The first-order valence-electron chi connectivity index (χ1n) is 8.98. The van der Waals surface area contributed by atoms with Crippen LogP contribution in [-0.4, -0.2) is 104 Å². The lowest BCUT2D eigenvalue weighted by atomic mass is 10.3. The van der Waals surface area contributed by atoms with Crippen LogP contribution in [0.25, 0.3) is 0 Å². The van der Waals surface area contributed by atoms with Crippen LogP contribution in [0.1, 0.15) is 6.42 Å². The minimum absolute atomic E-state index is 0.0832. The molecule has 26 heavy (non-hydrogen) atoms. The van der Waals surface area contributed by atoms with Gasteiger partial charge in [-0.1, -0.05) is 6.58 Å². The number of ether oxygens (including phenoxy) is 5. The minimum Gasteiger partial charge on any atom is -0.550 e. The van der Waals surface area contributed by atoms with Crippen molar-refractivity contribution in [2.75, 3.05) is 93.3 Å². The molecule has 0 aromatic carbocycles. The lowest BCUT2D eigenvalue weighted by Gasteiger charge is -2.36. The first kappa shape index (κ1) is 25.0. The van der Waals surface area contributed by atoms with E-state index in [1.807, 2.05) is 6.08 Å². The highest BCUT2D eigenvalue weighted by Gasteiger charge is 2.22. The Morgan fingerprint density at radius 3 is 2.00 bits per heavy atom. The van der Waals surface area contributed by atoms with Crippen LogP contribution in [0, 0.1) is 0 Å². The number of aliphatic carboxylic acids is 1. The number of hydrogen-bond donors (Lipinski definition) is 0. The molecule has 0 aromatic heterocycles. The maximum absolute atomic E-state index is 10.0. The van der Waals surface area contributed by atoms with Gasteiger partial charge in [-0.25, -0.2) is 0 Å². The topological polar surface area (TPSA) is 86.3 Å². The zero-order chi connectivity index (χ0) is 19.5. The predicted octanol–water partition coefficient (Wildman–Crippen LogP) is -0.528. The highest BCUT2D eigenvalue weighted by molar-refractivity contribution is 5.64. The molecule has 0 N–H and O–H groups in total. The summed E-state index contributed by atoms with van der Waals surface area (Å²) >= 11 is 0. The van der Waals surface area contributed by atoms with Crippen LogP contribution < -0.4 is 5.11 Å². The number of rotatable bonds is 14. The van der Waals surface area contributed by atoms with E-state index in [9.17, 15) is 9.90 Å². The second-order valence-corrected chi connectivity index (χ2v) is 6.10. The highest BCUT2D eigenvalue weighted by atomic mass is 16.6. The molecule has 0 spiro atoms. The summed E-state index contributed by atoms with van der Waals surface area (Å²) in [5.74, 6) is -1.10. The van der Waals surface area contributed by atoms with E-state index in [4.69, 9.17) is 23.7 Å². The summed E-state index contributed by atoms with van der Waals surface area (Å²) in [5.41, 5.74) is 0. The average Bonchev–Trinajstić information content (AvgIpc) is 2.60. The molecule has 0 aliphatic carbocycles. The summed E-state index contributed by atoms with van der Waals surface area (Å²) in [6, 6.07) is 0. The SMILES string of the molecule is C=CC[N+]1(C)CCOCC1.COCCOCCOCCOCCC(=O)[O-]. The number of nitrogens with zero attached hydrogens (tertiary/aromatic N) is 1. The zero-order valence-corrected chi connectivity index (χ0v) is 16.3. The first-order valence-corrected chi connectivity index (χ1v) is 8.98. The lowest BCUT2D eigenvalue weighted by molar-refractivity contribution is -0.911. The van der Waals surface area contributed by atoms with E-state index in [0.29, 0.717) is 39.6 Å². The summed E-state index contributed by atoms with van der Waals surface area (Å²) < 4.78 is 26.5. The van der Waals surface area contributed by atoms with Gasteiger partial charge in [-0.15, -0.1) is 0 Å². The van der Waals surface area contributed by atoms with Gasteiger partial charge in [-0.2, -0.15) is 0 Å².